The second-order valence-corrected chi connectivity index (χ2v) is 9.50. The Balaban J connectivity index is 1.41. The van der Waals surface area contributed by atoms with Crippen molar-refractivity contribution in [3.8, 4) is 11.3 Å². The molecule has 0 spiro atoms. The largest absolute Gasteiger partial charge is 0.383 e. The summed E-state index contributed by atoms with van der Waals surface area (Å²) < 4.78 is 4.29. The van der Waals surface area contributed by atoms with E-state index in [2.05, 4.69) is 67.7 Å². The van der Waals surface area contributed by atoms with E-state index in [0.717, 1.165) is 76.3 Å². The van der Waals surface area contributed by atoms with Gasteiger partial charge in [-0.2, -0.15) is 5.10 Å². The third-order valence-corrected chi connectivity index (χ3v) is 7.26. The van der Waals surface area contributed by atoms with E-state index in [9.17, 15) is 0 Å². The van der Waals surface area contributed by atoms with Crippen LogP contribution in [0.15, 0.2) is 61.1 Å². The number of hydrogen-bond acceptors (Lipinski definition) is 5. The molecule has 2 N–H and O–H groups in total. The summed E-state index contributed by atoms with van der Waals surface area (Å²) in [5, 5.41) is 7.80. The molecular formula is C26H26ClN7. The first-order valence-corrected chi connectivity index (χ1v) is 12.0. The summed E-state index contributed by atoms with van der Waals surface area (Å²) in [6, 6.07) is 16.8. The Morgan fingerprint density at radius 1 is 1.06 bits per heavy atom. The smallest absolute Gasteiger partial charge is 0.164 e. The van der Waals surface area contributed by atoms with Gasteiger partial charge in [-0.15, -0.1) is 0 Å². The minimum absolute atomic E-state index is 0.308. The fourth-order valence-electron chi connectivity index (χ4n) is 4.99. The van der Waals surface area contributed by atoms with Crippen LogP contribution in [0.25, 0.3) is 33.2 Å². The fraction of sp³-hybridized carbons (Fsp3) is 0.269. The van der Waals surface area contributed by atoms with Gasteiger partial charge < -0.3 is 15.2 Å². The van der Waals surface area contributed by atoms with Crippen LogP contribution in [0.1, 0.15) is 24.4 Å². The number of rotatable bonds is 4. The summed E-state index contributed by atoms with van der Waals surface area (Å²) in [4.78, 5) is 11.2. The van der Waals surface area contributed by atoms with E-state index in [4.69, 9.17) is 22.4 Å². The molecule has 1 fully saturated rings. The highest BCUT2D eigenvalue weighted by atomic mass is 35.5. The molecule has 1 aliphatic heterocycles. The molecule has 1 aliphatic rings. The normalized spacial score (nSPS) is 15.5. The van der Waals surface area contributed by atoms with Gasteiger partial charge in [0.2, 0.25) is 0 Å². The molecule has 0 amide bonds. The van der Waals surface area contributed by atoms with Crippen molar-refractivity contribution < 1.29 is 0 Å². The van der Waals surface area contributed by atoms with Gasteiger partial charge in [-0.05, 0) is 62.8 Å². The van der Waals surface area contributed by atoms with Crippen molar-refractivity contribution in [1.29, 1.82) is 0 Å². The molecule has 2 aromatic carbocycles. The predicted molar refractivity (Wildman–Crippen MR) is 137 cm³/mol. The van der Waals surface area contributed by atoms with Crippen molar-refractivity contribution in [2.75, 3.05) is 25.9 Å². The third kappa shape index (κ3) is 3.61. The van der Waals surface area contributed by atoms with Gasteiger partial charge in [0.25, 0.3) is 0 Å². The number of nitrogens with two attached hydrogens (primary N) is 1. The van der Waals surface area contributed by atoms with Crippen LogP contribution in [-0.4, -0.2) is 49.4 Å². The van der Waals surface area contributed by atoms with Crippen molar-refractivity contribution in [3.05, 3.63) is 71.6 Å². The van der Waals surface area contributed by atoms with Gasteiger partial charge in [-0.1, -0.05) is 35.9 Å². The van der Waals surface area contributed by atoms with E-state index < -0.39 is 0 Å². The third-order valence-electron chi connectivity index (χ3n) is 6.90. The van der Waals surface area contributed by atoms with Crippen molar-refractivity contribution >= 4 is 39.4 Å². The minimum atomic E-state index is 0.308. The van der Waals surface area contributed by atoms with Crippen LogP contribution in [0.2, 0.25) is 5.02 Å². The number of likely N-dealkylation sites (tertiary alicyclic amines) is 1. The second-order valence-electron chi connectivity index (χ2n) is 9.09. The number of nitrogen functional groups attached to an aromatic ring is 1. The van der Waals surface area contributed by atoms with E-state index >= 15 is 0 Å². The van der Waals surface area contributed by atoms with Gasteiger partial charge in [0.05, 0.1) is 11.4 Å². The lowest BCUT2D eigenvalue weighted by molar-refractivity contribution is 0.215. The van der Waals surface area contributed by atoms with Crippen LogP contribution in [-0.2, 0) is 6.54 Å². The molecule has 34 heavy (non-hydrogen) atoms. The average Bonchev–Trinajstić information content (AvgIpc) is 3.43. The maximum Gasteiger partial charge on any atom is 0.164 e. The monoisotopic (exact) mass is 471 g/mol. The first-order chi connectivity index (χ1) is 16.6. The number of nitrogens with zero attached hydrogens (tertiary/aromatic N) is 6. The molecule has 4 heterocycles. The van der Waals surface area contributed by atoms with Gasteiger partial charge in [-0.25, -0.2) is 14.6 Å². The van der Waals surface area contributed by atoms with Crippen molar-refractivity contribution in [2.45, 2.75) is 25.4 Å². The highest BCUT2D eigenvalue weighted by Crippen LogP contribution is 2.35. The lowest BCUT2D eigenvalue weighted by Crippen LogP contribution is -2.31. The number of hydrogen-bond donors (Lipinski definition) is 1. The van der Waals surface area contributed by atoms with Gasteiger partial charge >= 0.3 is 0 Å². The van der Waals surface area contributed by atoms with E-state index in [1.165, 1.54) is 6.33 Å². The van der Waals surface area contributed by atoms with Crippen LogP contribution >= 0.6 is 11.6 Å². The maximum absolute atomic E-state index is 6.39. The molecule has 0 saturated carbocycles. The summed E-state index contributed by atoms with van der Waals surface area (Å²) in [6.07, 6.45) is 5.72. The Hall–Kier alpha value is -3.42. The fourth-order valence-corrected chi connectivity index (χ4v) is 5.18. The molecule has 3 aromatic heterocycles. The number of benzene rings is 2. The van der Waals surface area contributed by atoms with Crippen molar-refractivity contribution in [3.63, 3.8) is 0 Å². The lowest BCUT2D eigenvalue weighted by atomic mass is 10.1. The number of halogens is 1. The molecule has 0 atom stereocenters. The van der Waals surface area contributed by atoms with Crippen LogP contribution in [0, 0.1) is 0 Å². The van der Waals surface area contributed by atoms with Crippen molar-refractivity contribution in [1.82, 2.24) is 29.2 Å². The highest BCUT2D eigenvalue weighted by Gasteiger charge is 2.25. The van der Waals surface area contributed by atoms with E-state index in [-0.39, 0.29) is 0 Å². The molecule has 1 saturated heterocycles. The van der Waals surface area contributed by atoms with Gasteiger partial charge in [0.15, 0.2) is 5.65 Å². The number of piperidine rings is 1. The zero-order valence-corrected chi connectivity index (χ0v) is 19.8. The minimum Gasteiger partial charge on any atom is -0.383 e. The summed E-state index contributed by atoms with van der Waals surface area (Å²) >= 11 is 6.39. The SMILES string of the molecule is CN1CCC(n2nc(-c3ccc4c(ccn4Cc4ccccc4Cl)c3)c3c(N)ncnc32)CC1. The van der Waals surface area contributed by atoms with Crippen LogP contribution < -0.4 is 5.73 Å². The Kier molecular flexibility index (Phi) is 5.23. The van der Waals surface area contributed by atoms with Gasteiger partial charge in [0, 0.05) is 34.2 Å². The topological polar surface area (TPSA) is 77.8 Å². The molecule has 7 nitrogen and oxygen atoms in total. The van der Waals surface area contributed by atoms with Gasteiger partial charge in [0.1, 0.15) is 17.8 Å². The Morgan fingerprint density at radius 3 is 2.71 bits per heavy atom. The van der Waals surface area contributed by atoms with Gasteiger partial charge in [-0.3, -0.25) is 0 Å². The number of aromatic nitrogens is 5. The Bertz CT molecular complexity index is 1490. The van der Waals surface area contributed by atoms with E-state index in [0.29, 0.717) is 11.9 Å². The highest BCUT2D eigenvalue weighted by molar-refractivity contribution is 6.31. The van der Waals surface area contributed by atoms with Crippen LogP contribution in [0.5, 0.6) is 0 Å². The summed E-state index contributed by atoms with van der Waals surface area (Å²) in [5.41, 5.74) is 11.3. The van der Waals surface area contributed by atoms with E-state index in [1.807, 2.05) is 18.2 Å². The Labute approximate surface area is 202 Å². The number of anilines is 1. The number of fused-ring (bicyclic) bond motifs is 2. The molecular weight excluding hydrogens is 446 g/mol. The summed E-state index contributed by atoms with van der Waals surface area (Å²) in [6.45, 7) is 2.82. The molecule has 8 heteroatoms. The van der Waals surface area contributed by atoms with Crippen LogP contribution in [0.4, 0.5) is 5.82 Å². The standard InChI is InChI=1S/C26H26ClN7/c1-32-11-9-20(10-12-32)34-26-23(25(28)29-16-30-26)24(31-34)18-6-7-22-17(14-18)8-13-33(22)15-19-4-2-3-5-21(19)27/h2-8,13-14,16,20H,9-12,15H2,1H3,(H2,28,29,30). The van der Waals surface area contributed by atoms with Crippen molar-refractivity contribution in [2.24, 2.45) is 0 Å². The van der Waals surface area contributed by atoms with Crippen LogP contribution in [0.3, 0.4) is 0 Å². The second kappa shape index (κ2) is 8.42. The molecule has 6 rings (SSSR count). The predicted octanol–water partition coefficient (Wildman–Crippen LogP) is 5.00. The molecule has 0 bridgehead atoms. The first kappa shape index (κ1) is 21.1. The lowest BCUT2D eigenvalue weighted by Gasteiger charge is -2.29. The quantitative estimate of drug-likeness (QED) is 0.399. The molecule has 5 aromatic rings. The summed E-state index contributed by atoms with van der Waals surface area (Å²) in [5.74, 6) is 0.468. The molecule has 0 radical (unpaired) electrons. The molecule has 0 unspecified atom stereocenters. The van der Waals surface area contributed by atoms with E-state index in [1.54, 1.807) is 0 Å². The molecule has 0 aliphatic carbocycles. The summed E-state index contributed by atoms with van der Waals surface area (Å²) in [7, 11) is 2.16. The zero-order chi connectivity index (χ0) is 23.2. The first-order valence-electron chi connectivity index (χ1n) is 11.6. The maximum atomic E-state index is 6.39. The average molecular weight is 472 g/mol. The Morgan fingerprint density at radius 2 is 1.88 bits per heavy atom. The molecule has 172 valence electrons. The zero-order valence-electron chi connectivity index (χ0n) is 19.0.